The normalized spacial score (nSPS) is 29.9. The second kappa shape index (κ2) is 8.54. The summed E-state index contributed by atoms with van der Waals surface area (Å²) in [5.74, 6) is -0.732. The predicted octanol–water partition coefficient (Wildman–Crippen LogP) is 0.730. The van der Waals surface area contributed by atoms with Crippen molar-refractivity contribution in [2.75, 3.05) is 52.9 Å². The summed E-state index contributed by atoms with van der Waals surface area (Å²) in [4.78, 5) is 32.0. The summed E-state index contributed by atoms with van der Waals surface area (Å²) in [6.45, 7) is 8.49. The molecule has 2 unspecified atom stereocenters. The average Bonchev–Trinajstić information content (AvgIpc) is 2.91. The minimum atomic E-state index is -0.732. The fraction of sp³-hybridized carbons (Fsp3) is 0.889. The summed E-state index contributed by atoms with van der Waals surface area (Å²) in [6.07, 6.45) is 2.61. The van der Waals surface area contributed by atoms with Crippen molar-refractivity contribution in [1.29, 1.82) is 0 Å². The van der Waals surface area contributed by atoms with Crippen LogP contribution in [0.4, 0.5) is 4.79 Å². The number of ether oxygens (including phenoxy) is 1. The Balaban J connectivity index is 1.48. The van der Waals surface area contributed by atoms with E-state index in [9.17, 15) is 9.59 Å². The van der Waals surface area contributed by atoms with Crippen LogP contribution in [-0.2, 0) is 9.53 Å². The summed E-state index contributed by atoms with van der Waals surface area (Å²) < 4.78 is 5.76. The maximum Gasteiger partial charge on any atom is 0.412 e. The number of hydrogen-bond donors (Lipinski definition) is 1. The molecular formula is C18H32N4O4. The van der Waals surface area contributed by atoms with E-state index in [2.05, 4.69) is 28.7 Å². The molecule has 1 N–H and O–H groups in total. The molecule has 0 radical (unpaired) electrons. The molecule has 0 aromatic carbocycles. The monoisotopic (exact) mass is 368 g/mol. The lowest BCUT2D eigenvalue weighted by Crippen LogP contribution is -2.55. The standard InChI is InChI=1S/C18H32N4O4/c1-14-17(21-12-10-20(11-13-21)7-3-4-16(23)24)26-18(25)22(14)15-5-8-19(2)9-6-15/h14-15,17H,3-13H2,1-2H3,(H,23,24). The number of rotatable bonds is 6. The zero-order valence-electron chi connectivity index (χ0n) is 16.0. The molecule has 3 rings (SSSR count). The molecular weight excluding hydrogens is 336 g/mol. The van der Waals surface area contributed by atoms with E-state index in [1.54, 1.807) is 0 Å². The zero-order chi connectivity index (χ0) is 18.7. The van der Waals surface area contributed by atoms with Gasteiger partial charge in [-0.05, 0) is 52.9 Å². The molecule has 0 bridgehead atoms. The van der Waals surface area contributed by atoms with E-state index < -0.39 is 5.97 Å². The molecule has 0 saturated carbocycles. The second-order valence-corrected chi connectivity index (χ2v) is 7.83. The molecule has 26 heavy (non-hydrogen) atoms. The number of piperazine rings is 1. The number of nitrogens with zero attached hydrogens (tertiary/aromatic N) is 4. The van der Waals surface area contributed by atoms with Gasteiger partial charge in [0.1, 0.15) is 0 Å². The number of amides is 1. The first-order valence-electron chi connectivity index (χ1n) is 9.81. The third kappa shape index (κ3) is 4.47. The van der Waals surface area contributed by atoms with Gasteiger partial charge in [-0.1, -0.05) is 0 Å². The van der Waals surface area contributed by atoms with Crippen molar-refractivity contribution in [2.45, 2.75) is 50.9 Å². The van der Waals surface area contributed by atoms with Gasteiger partial charge < -0.3 is 19.6 Å². The number of aliphatic carboxylic acids is 1. The molecule has 0 aromatic heterocycles. The van der Waals surface area contributed by atoms with Gasteiger partial charge in [-0.3, -0.25) is 14.6 Å². The Hall–Kier alpha value is -1.38. The van der Waals surface area contributed by atoms with E-state index in [1.807, 2.05) is 4.90 Å². The van der Waals surface area contributed by atoms with Crippen LogP contribution in [0.5, 0.6) is 0 Å². The predicted molar refractivity (Wildman–Crippen MR) is 97.0 cm³/mol. The maximum atomic E-state index is 12.5. The SMILES string of the molecule is CC1C(N2CCN(CCCC(=O)O)CC2)OC(=O)N1C1CCN(C)CC1. The molecule has 0 spiro atoms. The topological polar surface area (TPSA) is 76.6 Å². The Morgan fingerprint density at radius 1 is 1.15 bits per heavy atom. The fourth-order valence-electron chi connectivity index (χ4n) is 4.40. The van der Waals surface area contributed by atoms with Crippen molar-refractivity contribution >= 4 is 12.1 Å². The van der Waals surface area contributed by atoms with Crippen molar-refractivity contribution in [3.8, 4) is 0 Å². The molecule has 3 fully saturated rings. The molecule has 1 amide bonds. The fourth-order valence-corrected chi connectivity index (χ4v) is 4.40. The number of likely N-dealkylation sites (tertiary alicyclic amines) is 1. The Morgan fingerprint density at radius 2 is 1.81 bits per heavy atom. The van der Waals surface area contributed by atoms with E-state index in [4.69, 9.17) is 9.84 Å². The van der Waals surface area contributed by atoms with Crippen LogP contribution in [-0.4, -0.2) is 108 Å². The molecule has 8 nitrogen and oxygen atoms in total. The average molecular weight is 368 g/mol. The first-order chi connectivity index (χ1) is 12.5. The van der Waals surface area contributed by atoms with Gasteiger partial charge in [0, 0.05) is 38.6 Å². The Bertz CT molecular complexity index is 501. The maximum absolute atomic E-state index is 12.5. The quantitative estimate of drug-likeness (QED) is 0.741. The van der Waals surface area contributed by atoms with E-state index in [0.717, 1.165) is 58.7 Å². The van der Waals surface area contributed by atoms with Crippen LogP contribution in [0.15, 0.2) is 0 Å². The smallest absolute Gasteiger partial charge is 0.412 e. The lowest BCUT2D eigenvalue weighted by molar-refractivity contribution is -0.137. The highest BCUT2D eigenvalue weighted by molar-refractivity contribution is 5.71. The summed E-state index contributed by atoms with van der Waals surface area (Å²) in [5.41, 5.74) is 0. The van der Waals surface area contributed by atoms with Crippen LogP contribution < -0.4 is 0 Å². The molecule has 3 aliphatic rings. The number of carbonyl (C=O) groups excluding carboxylic acids is 1. The van der Waals surface area contributed by atoms with E-state index >= 15 is 0 Å². The van der Waals surface area contributed by atoms with Crippen LogP contribution >= 0.6 is 0 Å². The first kappa shape index (κ1) is 19.4. The Kier molecular flexibility index (Phi) is 6.37. The number of hydrogen-bond acceptors (Lipinski definition) is 6. The first-order valence-corrected chi connectivity index (χ1v) is 9.81. The molecule has 3 aliphatic heterocycles. The zero-order valence-corrected chi connectivity index (χ0v) is 16.0. The van der Waals surface area contributed by atoms with Crippen LogP contribution in [0.25, 0.3) is 0 Å². The Labute approximate surface area is 155 Å². The molecule has 8 heteroatoms. The number of carboxylic acids is 1. The van der Waals surface area contributed by atoms with Crippen molar-refractivity contribution in [3.05, 3.63) is 0 Å². The van der Waals surface area contributed by atoms with Crippen molar-refractivity contribution < 1.29 is 19.4 Å². The van der Waals surface area contributed by atoms with Gasteiger partial charge in [0.25, 0.3) is 0 Å². The van der Waals surface area contributed by atoms with Crippen molar-refractivity contribution in [1.82, 2.24) is 19.6 Å². The van der Waals surface area contributed by atoms with E-state index in [0.29, 0.717) is 6.42 Å². The highest BCUT2D eigenvalue weighted by Crippen LogP contribution is 2.29. The summed E-state index contributed by atoms with van der Waals surface area (Å²) in [7, 11) is 2.13. The van der Waals surface area contributed by atoms with Gasteiger partial charge >= 0.3 is 12.1 Å². The number of carbonyl (C=O) groups is 2. The minimum Gasteiger partial charge on any atom is -0.481 e. The van der Waals surface area contributed by atoms with Gasteiger partial charge in [0.15, 0.2) is 6.23 Å². The lowest BCUT2D eigenvalue weighted by Gasteiger charge is -2.40. The van der Waals surface area contributed by atoms with Gasteiger partial charge in [-0.15, -0.1) is 0 Å². The molecule has 0 aliphatic carbocycles. The number of piperidine rings is 1. The highest BCUT2D eigenvalue weighted by atomic mass is 16.6. The molecule has 3 heterocycles. The largest absolute Gasteiger partial charge is 0.481 e. The number of cyclic esters (lactones) is 1. The Morgan fingerprint density at radius 3 is 2.42 bits per heavy atom. The lowest BCUT2D eigenvalue weighted by atomic mass is 10.0. The van der Waals surface area contributed by atoms with Crippen molar-refractivity contribution in [3.63, 3.8) is 0 Å². The number of carboxylic acid groups (broad SMARTS) is 1. The highest BCUT2D eigenvalue weighted by Gasteiger charge is 2.46. The van der Waals surface area contributed by atoms with Gasteiger partial charge in [-0.25, -0.2) is 4.79 Å². The van der Waals surface area contributed by atoms with Crippen molar-refractivity contribution in [2.24, 2.45) is 0 Å². The molecule has 0 aromatic rings. The van der Waals surface area contributed by atoms with Gasteiger partial charge in [-0.2, -0.15) is 0 Å². The van der Waals surface area contributed by atoms with Crippen LogP contribution in [0.1, 0.15) is 32.6 Å². The van der Waals surface area contributed by atoms with Gasteiger partial charge in [0.05, 0.1) is 6.04 Å². The second-order valence-electron chi connectivity index (χ2n) is 7.83. The van der Waals surface area contributed by atoms with E-state index in [-0.39, 0.29) is 30.8 Å². The molecule has 2 atom stereocenters. The van der Waals surface area contributed by atoms with Crippen LogP contribution in [0, 0.1) is 0 Å². The molecule has 3 saturated heterocycles. The minimum absolute atomic E-state index is 0.0782. The third-order valence-corrected chi connectivity index (χ3v) is 6.00. The summed E-state index contributed by atoms with van der Waals surface area (Å²) >= 11 is 0. The van der Waals surface area contributed by atoms with Gasteiger partial charge in [0.2, 0.25) is 0 Å². The molecule has 148 valence electrons. The van der Waals surface area contributed by atoms with E-state index in [1.165, 1.54) is 0 Å². The van der Waals surface area contributed by atoms with Crippen LogP contribution in [0.2, 0.25) is 0 Å². The van der Waals surface area contributed by atoms with Crippen LogP contribution in [0.3, 0.4) is 0 Å². The summed E-state index contributed by atoms with van der Waals surface area (Å²) in [6, 6.07) is 0.366. The third-order valence-electron chi connectivity index (χ3n) is 6.00. The summed E-state index contributed by atoms with van der Waals surface area (Å²) in [5, 5.41) is 8.75.